The number of aryl methyl sites for hydroxylation is 1. The predicted molar refractivity (Wildman–Crippen MR) is 97.4 cm³/mol. The summed E-state index contributed by atoms with van der Waals surface area (Å²) in [7, 11) is 1.78. The van der Waals surface area contributed by atoms with Gasteiger partial charge < -0.3 is 9.64 Å². The van der Waals surface area contributed by atoms with Crippen molar-refractivity contribution in [3.63, 3.8) is 0 Å². The van der Waals surface area contributed by atoms with Gasteiger partial charge in [-0.3, -0.25) is 4.79 Å². The summed E-state index contributed by atoms with van der Waals surface area (Å²) in [5, 5.41) is 5.24. The third-order valence-corrected chi connectivity index (χ3v) is 4.65. The largest absolute Gasteiger partial charge is 0.481 e. The van der Waals surface area contributed by atoms with Crippen molar-refractivity contribution in [3.8, 4) is 5.75 Å². The van der Waals surface area contributed by atoms with Crippen LogP contribution in [-0.2, 0) is 11.3 Å². The second-order valence-corrected chi connectivity index (χ2v) is 6.88. The van der Waals surface area contributed by atoms with Gasteiger partial charge >= 0.3 is 0 Å². The number of carbonyl (C=O) groups is 1. The van der Waals surface area contributed by atoms with E-state index in [0.717, 1.165) is 21.5 Å². The lowest BCUT2D eigenvalue weighted by Gasteiger charge is -2.21. The summed E-state index contributed by atoms with van der Waals surface area (Å²) in [6.07, 6.45) is -0.545. The smallest absolute Gasteiger partial charge is 0.263 e. The van der Waals surface area contributed by atoms with Gasteiger partial charge in [0.1, 0.15) is 5.75 Å². The van der Waals surface area contributed by atoms with Crippen molar-refractivity contribution in [2.24, 2.45) is 0 Å². The molecule has 0 fully saturated rings. The molecule has 0 unspecified atom stereocenters. The summed E-state index contributed by atoms with van der Waals surface area (Å²) < 4.78 is 5.84. The van der Waals surface area contributed by atoms with Crippen molar-refractivity contribution in [1.29, 1.82) is 0 Å². The van der Waals surface area contributed by atoms with Gasteiger partial charge in [0.05, 0.1) is 17.2 Å². The highest BCUT2D eigenvalue weighted by Crippen LogP contribution is 2.22. The highest BCUT2D eigenvalue weighted by atomic mass is 32.1. The molecule has 1 aromatic heterocycles. The van der Waals surface area contributed by atoms with E-state index >= 15 is 0 Å². The van der Waals surface area contributed by atoms with Gasteiger partial charge in [0.15, 0.2) is 6.10 Å². The van der Waals surface area contributed by atoms with E-state index in [1.165, 1.54) is 0 Å². The van der Waals surface area contributed by atoms with Crippen molar-refractivity contribution in [2.75, 3.05) is 7.05 Å². The van der Waals surface area contributed by atoms with Gasteiger partial charge in [-0.25, -0.2) is 4.98 Å². The van der Waals surface area contributed by atoms with E-state index in [1.807, 2.05) is 48.7 Å². The zero-order valence-electron chi connectivity index (χ0n) is 14.0. The Morgan fingerprint density at radius 3 is 2.71 bits per heavy atom. The normalized spacial score (nSPS) is 12.1. The van der Waals surface area contributed by atoms with Crippen molar-refractivity contribution in [3.05, 3.63) is 58.5 Å². The standard InChI is InChI=1S/C19H20N2O2S/c1-13(19(22)21(3)11-17-12-24-14(2)20-17)23-18-9-8-15-6-4-5-7-16(15)10-18/h4-10,12-13H,11H2,1-3H3/t13-/m1/s1. The van der Waals surface area contributed by atoms with E-state index < -0.39 is 6.10 Å². The molecule has 0 bridgehead atoms. The molecule has 0 saturated heterocycles. The first kappa shape index (κ1) is 16.5. The van der Waals surface area contributed by atoms with Crippen LogP contribution in [-0.4, -0.2) is 28.9 Å². The molecule has 5 heteroatoms. The second-order valence-electron chi connectivity index (χ2n) is 5.82. The summed E-state index contributed by atoms with van der Waals surface area (Å²) in [5.41, 5.74) is 0.909. The highest BCUT2D eigenvalue weighted by molar-refractivity contribution is 7.09. The lowest BCUT2D eigenvalue weighted by molar-refractivity contribution is -0.137. The number of fused-ring (bicyclic) bond motifs is 1. The Morgan fingerprint density at radius 1 is 1.25 bits per heavy atom. The van der Waals surface area contributed by atoms with Crippen LogP contribution in [0.2, 0.25) is 0 Å². The molecule has 3 rings (SSSR count). The monoisotopic (exact) mass is 340 g/mol. The maximum atomic E-state index is 12.5. The van der Waals surface area contributed by atoms with Crippen LogP contribution in [0.4, 0.5) is 0 Å². The first-order valence-corrected chi connectivity index (χ1v) is 8.72. The maximum Gasteiger partial charge on any atom is 0.263 e. The van der Waals surface area contributed by atoms with E-state index in [9.17, 15) is 4.79 Å². The Balaban J connectivity index is 1.66. The highest BCUT2D eigenvalue weighted by Gasteiger charge is 2.20. The summed E-state index contributed by atoms with van der Waals surface area (Å²) in [4.78, 5) is 18.5. The summed E-state index contributed by atoms with van der Waals surface area (Å²) in [6.45, 7) is 4.23. The van der Waals surface area contributed by atoms with Gasteiger partial charge in [-0.1, -0.05) is 30.3 Å². The summed E-state index contributed by atoms with van der Waals surface area (Å²) >= 11 is 1.59. The zero-order chi connectivity index (χ0) is 17.1. The third kappa shape index (κ3) is 3.74. The molecule has 124 valence electrons. The van der Waals surface area contributed by atoms with Gasteiger partial charge in [-0.15, -0.1) is 11.3 Å². The maximum absolute atomic E-state index is 12.5. The number of benzene rings is 2. The number of amides is 1. The molecule has 0 saturated carbocycles. The van der Waals surface area contributed by atoms with E-state index in [0.29, 0.717) is 12.3 Å². The van der Waals surface area contributed by atoms with E-state index in [2.05, 4.69) is 11.1 Å². The van der Waals surface area contributed by atoms with Crippen LogP contribution in [0.1, 0.15) is 17.6 Å². The van der Waals surface area contributed by atoms with Crippen molar-refractivity contribution >= 4 is 28.0 Å². The molecule has 0 aliphatic rings. The Kier molecular flexibility index (Phi) is 4.81. The minimum Gasteiger partial charge on any atom is -0.481 e. The van der Waals surface area contributed by atoms with E-state index in [4.69, 9.17) is 4.74 Å². The molecule has 24 heavy (non-hydrogen) atoms. The lowest BCUT2D eigenvalue weighted by Crippen LogP contribution is -2.37. The van der Waals surface area contributed by atoms with Crippen molar-refractivity contribution < 1.29 is 9.53 Å². The predicted octanol–water partition coefficient (Wildman–Crippen LogP) is 4.03. The average molecular weight is 340 g/mol. The van der Waals surface area contributed by atoms with Crippen LogP contribution in [0.15, 0.2) is 47.8 Å². The number of carbonyl (C=O) groups excluding carboxylic acids is 1. The number of nitrogens with zero attached hydrogens (tertiary/aromatic N) is 2. The van der Waals surface area contributed by atoms with Crippen molar-refractivity contribution in [2.45, 2.75) is 26.5 Å². The molecule has 0 aliphatic carbocycles. The summed E-state index contributed by atoms with van der Waals surface area (Å²) in [6, 6.07) is 13.9. The molecule has 0 N–H and O–H groups in total. The number of hydrogen-bond donors (Lipinski definition) is 0. The van der Waals surface area contributed by atoms with Gasteiger partial charge in [-0.05, 0) is 36.8 Å². The van der Waals surface area contributed by atoms with Crippen LogP contribution in [0.25, 0.3) is 10.8 Å². The molecule has 4 nitrogen and oxygen atoms in total. The molecular formula is C19H20N2O2S. The van der Waals surface area contributed by atoms with Crippen LogP contribution in [0.3, 0.4) is 0 Å². The quantitative estimate of drug-likeness (QED) is 0.704. The SMILES string of the molecule is Cc1nc(CN(C)C(=O)[C@@H](C)Oc2ccc3ccccc3c2)cs1. The van der Waals surface area contributed by atoms with Gasteiger partial charge in [-0.2, -0.15) is 0 Å². The fourth-order valence-electron chi connectivity index (χ4n) is 2.61. The first-order valence-electron chi connectivity index (χ1n) is 7.84. The molecule has 0 radical (unpaired) electrons. The number of rotatable bonds is 5. The van der Waals surface area contributed by atoms with Gasteiger partial charge in [0.2, 0.25) is 0 Å². The number of likely N-dealkylation sites (N-methyl/N-ethyl adjacent to an activating group) is 1. The Hall–Kier alpha value is -2.40. The van der Waals surface area contributed by atoms with Crippen LogP contribution in [0.5, 0.6) is 5.75 Å². The molecule has 1 heterocycles. The molecule has 1 amide bonds. The van der Waals surface area contributed by atoms with Crippen LogP contribution in [0, 0.1) is 6.92 Å². The minimum absolute atomic E-state index is 0.0613. The Labute approximate surface area is 145 Å². The summed E-state index contributed by atoms with van der Waals surface area (Å²) in [5.74, 6) is 0.640. The molecule has 0 aliphatic heterocycles. The number of hydrogen-bond acceptors (Lipinski definition) is 4. The van der Waals surface area contributed by atoms with Crippen LogP contribution >= 0.6 is 11.3 Å². The van der Waals surface area contributed by atoms with E-state index in [-0.39, 0.29) is 5.91 Å². The number of ether oxygens (including phenoxy) is 1. The minimum atomic E-state index is -0.545. The molecule has 1 atom stereocenters. The molecule has 3 aromatic rings. The first-order chi connectivity index (χ1) is 11.5. The zero-order valence-corrected chi connectivity index (χ0v) is 14.8. The molecule has 0 spiro atoms. The van der Waals surface area contributed by atoms with Gasteiger partial charge in [0.25, 0.3) is 5.91 Å². The fraction of sp³-hybridized carbons (Fsp3) is 0.263. The average Bonchev–Trinajstić information content (AvgIpc) is 2.98. The van der Waals surface area contributed by atoms with Crippen molar-refractivity contribution in [1.82, 2.24) is 9.88 Å². The number of thiazole rings is 1. The Morgan fingerprint density at radius 2 is 2.00 bits per heavy atom. The van der Waals surface area contributed by atoms with E-state index in [1.54, 1.807) is 30.2 Å². The topological polar surface area (TPSA) is 42.4 Å². The third-order valence-electron chi connectivity index (χ3n) is 3.82. The Bertz CT molecular complexity index is 859. The van der Waals surface area contributed by atoms with Gasteiger partial charge in [0, 0.05) is 12.4 Å². The number of aromatic nitrogens is 1. The van der Waals surface area contributed by atoms with Crippen LogP contribution < -0.4 is 4.74 Å². The lowest BCUT2D eigenvalue weighted by atomic mass is 10.1. The molecular weight excluding hydrogens is 320 g/mol. The molecule has 2 aromatic carbocycles. The second kappa shape index (κ2) is 7.01. The fourth-order valence-corrected chi connectivity index (χ4v) is 3.21.